The van der Waals surface area contributed by atoms with Gasteiger partial charge >= 0.3 is 0 Å². The van der Waals surface area contributed by atoms with Crippen molar-refractivity contribution in [3.63, 3.8) is 0 Å². The zero-order chi connectivity index (χ0) is 21.0. The summed E-state index contributed by atoms with van der Waals surface area (Å²) in [6.45, 7) is 1.30. The summed E-state index contributed by atoms with van der Waals surface area (Å²) in [4.78, 5) is 12.6. The van der Waals surface area contributed by atoms with Crippen LogP contribution in [0.4, 0.5) is 0 Å². The molecule has 8 nitrogen and oxygen atoms in total. The number of aryl methyl sites for hydroxylation is 1. The fourth-order valence-electron chi connectivity index (χ4n) is 4.48. The maximum absolute atomic E-state index is 13.0. The molecular weight excluding hydrogens is 404 g/mol. The third-order valence-corrected chi connectivity index (χ3v) is 7.94. The van der Waals surface area contributed by atoms with E-state index in [9.17, 15) is 13.2 Å². The number of nitrogens with one attached hydrogen (secondary N) is 2. The summed E-state index contributed by atoms with van der Waals surface area (Å²) in [5.41, 5.74) is 0.830. The second kappa shape index (κ2) is 8.77. The second-order valence-corrected chi connectivity index (χ2v) is 10.2. The average molecular weight is 433 g/mol. The molecule has 30 heavy (non-hydrogen) atoms. The first-order chi connectivity index (χ1) is 14.5. The Morgan fingerprint density at radius 2 is 1.97 bits per heavy atom. The number of fused-ring (bicyclic) bond motifs is 1. The number of amides is 1. The molecule has 162 valence electrons. The van der Waals surface area contributed by atoms with Gasteiger partial charge in [0.2, 0.25) is 10.0 Å². The molecule has 3 heterocycles. The van der Waals surface area contributed by atoms with Crippen LogP contribution < -0.4 is 10.1 Å². The number of hydrogen-bond donors (Lipinski definition) is 2. The van der Waals surface area contributed by atoms with Crippen LogP contribution in [0.5, 0.6) is 5.75 Å². The molecule has 1 amide bonds. The topological polar surface area (TPSA) is 104 Å². The summed E-state index contributed by atoms with van der Waals surface area (Å²) >= 11 is 0. The first-order valence-electron chi connectivity index (χ1n) is 10.4. The summed E-state index contributed by atoms with van der Waals surface area (Å²) < 4.78 is 33.3. The number of aromatic nitrogens is 2. The number of nitrogens with zero attached hydrogens (tertiary/aromatic N) is 2. The predicted molar refractivity (Wildman–Crippen MR) is 112 cm³/mol. The molecule has 1 atom stereocenters. The third-order valence-electron chi connectivity index (χ3n) is 6.13. The standard InChI is InChI=1S/C21H28N4O4S/c26-20-14-29-19-8-2-1-6-17(19)7-3-4-9-21(15-22-20)10-5-11-25(16-21)30(27,28)18-12-23-24-13-18/h1-2,6,8,12-13H,3-5,7,9-11,14-16H2,(H,22,26)(H,23,24). The van der Waals surface area contributed by atoms with Crippen molar-refractivity contribution in [2.24, 2.45) is 5.41 Å². The Kier molecular flexibility index (Phi) is 6.10. The van der Waals surface area contributed by atoms with Crippen molar-refractivity contribution in [2.75, 3.05) is 26.2 Å². The highest BCUT2D eigenvalue weighted by molar-refractivity contribution is 7.89. The van der Waals surface area contributed by atoms with Gasteiger partial charge in [0.25, 0.3) is 5.91 Å². The van der Waals surface area contributed by atoms with E-state index in [1.165, 1.54) is 12.4 Å². The molecule has 0 radical (unpaired) electrons. The minimum absolute atomic E-state index is 0.0376. The van der Waals surface area contributed by atoms with Gasteiger partial charge in [-0.25, -0.2) is 8.42 Å². The van der Waals surface area contributed by atoms with E-state index in [1.807, 2.05) is 24.3 Å². The van der Waals surface area contributed by atoms with Gasteiger partial charge in [0.1, 0.15) is 10.6 Å². The van der Waals surface area contributed by atoms with Gasteiger partial charge in [-0.15, -0.1) is 0 Å². The zero-order valence-corrected chi connectivity index (χ0v) is 17.8. The fourth-order valence-corrected chi connectivity index (χ4v) is 5.98. The minimum Gasteiger partial charge on any atom is -0.483 e. The molecule has 9 heteroatoms. The van der Waals surface area contributed by atoms with Crippen LogP contribution in [-0.2, 0) is 21.2 Å². The van der Waals surface area contributed by atoms with E-state index >= 15 is 0 Å². The van der Waals surface area contributed by atoms with Crippen LogP contribution in [0, 0.1) is 5.41 Å². The van der Waals surface area contributed by atoms with Crippen LogP contribution in [0.2, 0.25) is 0 Å². The van der Waals surface area contributed by atoms with Crippen LogP contribution in [0.3, 0.4) is 0 Å². The summed E-state index contributed by atoms with van der Waals surface area (Å²) in [5, 5.41) is 9.36. The maximum Gasteiger partial charge on any atom is 0.257 e. The summed E-state index contributed by atoms with van der Waals surface area (Å²) in [7, 11) is -3.60. The summed E-state index contributed by atoms with van der Waals surface area (Å²) in [6.07, 6.45) is 8.11. The lowest BCUT2D eigenvalue weighted by atomic mass is 9.76. The number of sulfonamides is 1. The van der Waals surface area contributed by atoms with E-state index in [0.717, 1.165) is 49.8 Å². The van der Waals surface area contributed by atoms with E-state index in [-0.39, 0.29) is 22.8 Å². The molecule has 1 unspecified atom stereocenters. The Bertz CT molecular complexity index is 977. The molecule has 2 aromatic rings. The number of rotatable bonds is 2. The van der Waals surface area contributed by atoms with Crippen LogP contribution in [-0.4, -0.2) is 55.1 Å². The highest BCUT2D eigenvalue weighted by atomic mass is 32.2. The number of benzene rings is 1. The van der Waals surface area contributed by atoms with Gasteiger partial charge in [0.15, 0.2) is 6.61 Å². The molecule has 1 spiro atoms. The highest BCUT2D eigenvalue weighted by Gasteiger charge is 2.40. The lowest BCUT2D eigenvalue weighted by Crippen LogP contribution is -2.51. The molecule has 1 aromatic carbocycles. The molecule has 4 rings (SSSR count). The number of carbonyl (C=O) groups excluding carboxylic acids is 1. The Balaban J connectivity index is 1.52. The van der Waals surface area contributed by atoms with Gasteiger partial charge in [-0.05, 0) is 43.7 Å². The fraction of sp³-hybridized carbons (Fsp3) is 0.524. The lowest BCUT2D eigenvalue weighted by Gasteiger charge is -2.42. The molecular formula is C21H28N4O4S. The van der Waals surface area contributed by atoms with Gasteiger partial charge < -0.3 is 10.1 Å². The molecule has 1 aromatic heterocycles. The number of para-hydroxylation sites is 1. The Hall–Kier alpha value is -2.39. The molecule has 2 N–H and O–H groups in total. The number of H-pyrrole nitrogens is 1. The van der Waals surface area contributed by atoms with Gasteiger partial charge in [-0.2, -0.15) is 9.40 Å². The molecule has 2 aliphatic heterocycles. The average Bonchev–Trinajstić information content (AvgIpc) is 3.30. The van der Waals surface area contributed by atoms with Crippen molar-refractivity contribution >= 4 is 15.9 Å². The first-order valence-corrected chi connectivity index (χ1v) is 11.9. The Morgan fingerprint density at radius 1 is 1.13 bits per heavy atom. The molecule has 0 aliphatic carbocycles. The van der Waals surface area contributed by atoms with Crippen molar-refractivity contribution in [2.45, 2.75) is 43.4 Å². The monoisotopic (exact) mass is 432 g/mol. The van der Waals surface area contributed by atoms with Gasteiger partial charge in [0, 0.05) is 31.2 Å². The van der Waals surface area contributed by atoms with E-state index in [1.54, 1.807) is 4.31 Å². The number of piperidine rings is 1. The minimum atomic E-state index is -3.60. The van der Waals surface area contributed by atoms with Crippen molar-refractivity contribution in [1.82, 2.24) is 19.8 Å². The SMILES string of the molecule is O=C1COc2ccccc2CCCCC2(CCCN(S(=O)(=O)c3cn[nH]c3)C2)CN1. The van der Waals surface area contributed by atoms with Crippen LogP contribution in [0.1, 0.15) is 37.7 Å². The van der Waals surface area contributed by atoms with Gasteiger partial charge in [-0.1, -0.05) is 24.6 Å². The number of aromatic amines is 1. The smallest absolute Gasteiger partial charge is 0.257 e. The van der Waals surface area contributed by atoms with Crippen LogP contribution in [0.25, 0.3) is 0 Å². The number of carbonyl (C=O) groups is 1. The van der Waals surface area contributed by atoms with Crippen molar-refractivity contribution in [3.05, 3.63) is 42.2 Å². The van der Waals surface area contributed by atoms with Crippen molar-refractivity contribution in [1.29, 1.82) is 0 Å². The van der Waals surface area contributed by atoms with E-state index in [4.69, 9.17) is 4.74 Å². The number of hydrogen-bond acceptors (Lipinski definition) is 5. The molecule has 0 saturated carbocycles. The molecule has 1 saturated heterocycles. The molecule has 0 bridgehead atoms. The van der Waals surface area contributed by atoms with Gasteiger partial charge in [-0.3, -0.25) is 9.89 Å². The quantitative estimate of drug-likeness (QED) is 0.756. The Morgan fingerprint density at radius 3 is 2.80 bits per heavy atom. The zero-order valence-electron chi connectivity index (χ0n) is 17.0. The largest absolute Gasteiger partial charge is 0.483 e. The normalized spacial score (nSPS) is 24.2. The summed E-state index contributed by atoms with van der Waals surface area (Å²) in [6, 6.07) is 7.83. The third kappa shape index (κ3) is 4.52. The predicted octanol–water partition coefficient (Wildman–Crippen LogP) is 2.10. The van der Waals surface area contributed by atoms with Crippen LogP contribution in [0.15, 0.2) is 41.6 Å². The van der Waals surface area contributed by atoms with Crippen molar-refractivity contribution in [3.8, 4) is 5.75 Å². The highest BCUT2D eigenvalue weighted by Crippen LogP contribution is 2.37. The molecule has 1 fully saturated rings. The van der Waals surface area contributed by atoms with E-state index in [2.05, 4.69) is 15.5 Å². The first kappa shape index (κ1) is 20.9. The van der Waals surface area contributed by atoms with Crippen LogP contribution >= 0.6 is 0 Å². The molecule has 2 aliphatic rings. The second-order valence-electron chi connectivity index (χ2n) is 8.26. The lowest BCUT2D eigenvalue weighted by molar-refractivity contribution is -0.123. The van der Waals surface area contributed by atoms with E-state index < -0.39 is 10.0 Å². The summed E-state index contributed by atoms with van der Waals surface area (Å²) in [5.74, 6) is 0.581. The number of ether oxygens (including phenoxy) is 1. The van der Waals surface area contributed by atoms with Gasteiger partial charge in [0.05, 0.1) is 6.20 Å². The maximum atomic E-state index is 13.0. The Labute approximate surface area is 177 Å². The van der Waals surface area contributed by atoms with Crippen molar-refractivity contribution < 1.29 is 17.9 Å². The van der Waals surface area contributed by atoms with E-state index in [0.29, 0.717) is 19.6 Å².